The van der Waals surface area contributed by atoms with Crippen LogP contribution in [0.25, 0.3) is 0 Å². The number of benzene rings is 1. The van der Waals surface area contributed by atoms with E-state index >= 15 is 0 Å². The number of quaternary nitrogens is 1. The van der Waals surface area contributed by atoms with Gasteiger partial charge in [-0.1, -0.05) is 18.2 Å². The van der Waals surface area contributed by atoms with Crippen LogP contribution in [0.4, 0.5) is 5.82 Å². The highest BCUT2D eigenvalue weighted by Gasteiger charge is 2.09. The van der Waals surface area contributed by atoms with Gasteiger partial charge in [-0.15, -0.1) is 0 Å². The number of rotatable bonds is 9. The predicted molar refractivity (Wildman–Crippen MR) is 88.5 cm³/mol. The number of hydrogen-bond donors (Lipinski definition) is 4. The van der Waals surface area contributed by atoms with Crippen LogP contribution >= 0.6 is 0 Å². The van der Waals surface area contributed by atoms with Crippen molar-refractivity contribution < 1.29 is 25.1 Å². The number of carboxylic acids is 1. The van der Waals surface area contributed by atoms with Crippen molar-refractivity contribution in [1.82, 2.24) is 4.98 Å². The molecule has 6 N–H and O–H groups in total. The number of aromatic nitrogens is 1. The molecule has 1 aromatic carbocycles. The topological polar surface area (TPSA) is 122 Å². The van der Waals surface area contributed by atoms with Crippen molar-refractivity contribution in [2.24, 2.45) is 0 Å². The van der Waals surface area contributed by atoms with Gasteiger partial charge in [-0.25, -0.2) is 4.98 Å². The molecule has 0 aliphatic carbocycles. The molecule has 0 bridgehead atoms. The predicted octanol–water partition coefficient (Wildman–Crippen LogP) is -0.0333. The van der Waals surface area contributed by atoms with Gasteiger partial charge in [0.2, 0.25) is 0 Å². The van der Waals surface area contributed by atoms with Crippen LogP contribution in [0, 0.1) is 0 Å². The van der Waals surface area contributed by atoms with E-state index < -0.39 is 12.1 Å². The number of nitrogens with zero attached hydrogens (tertiary/aromatic N) is 1. The standard InChI is InChI=1S/C17H21N3O4/c18-16-6-3-13(10-20-16)15(21)11-19-7-8-24-14-4-1-12(2-5-14)9-17(22)23/h1-6,10,15,19,21H,7-9,11H2,(H2,18,20)(H,22,23)/p+1. The highest BCUT2D eigenvalue weighted by molar-refractivity contribution is 5.70. The smallest absolute Gasteiger partial charge is 0.307 e. The summed E-state index contributed by atoms with van der Waals surface area (Å²) in [6.45, 7) is 1.69. The molecule has 0 amide bonds. The Balaban J connectivity index is 1.65. The first-order valence-corrected chi connectivity index (χ1v) is 7.69. The van der Waals surface area contributed by atoms with E-state index in [4.69, 9.17) is 15.6 Å². The fourth-order valence-electron chi connectivity index (χ4n) is 2.16. The van der Waals surface area contributed by atoms with Crippen molar-refractivity contribution in [2.45, 2.75) is 12.5 Å². The second-order valence-electron chi connectivity index (χ2n) is 5.41. The first-order valence-electron chi connectivity index (χ1n) is 7.69. The van der Waals surface area contributed by atoms with Crippen LogP contribution in [0.3, 0.4) is 0 Å². The number of ether oxygens (including phenoxy) is 1. The number of carboxylic acid groups (broad SMARTS) is 1. The molecule has 2 aromatic rings. The monoisotopic (exact) mass is 332 g/mol. The zero-order chi connectivity index (χ0) is 17.4. The molecule has 0 saturated heterocycles. The van der Waals surface area contributed by atoms with Gasteiger partial charge in [-0.2, -0.15) is 0 Å². The lowest BCUT2D eigenvalue weighted by molar-refractivity contribution is -0.662. The minimum absolute atomic E-state index is 0.00589. The molecule has 1 aromatic heterocycles. The Hall–Kier alpha value is -2.64. The third-order valence-corrected chi connectivity index (χ3v) is 3.45. The fourth-order valence-corrected chi connectivity index (χ4v) is 2.16. The maximum atomic E-state index is 10.6. The number of hydrogen-bond acceptors (Lipinski definition) is 5. The maximum Gasteiger partial charge on any atom is 0.307 e. The Morgan fingerprint density at radius 1 is 1.25 bits per heavy atom. The third-order valence-electron chi connectivity index (χ3n) is 3.45. The molecule has 0 aliphatic heterocycles. The highest BCUT2D eigenvalue weighted by Crippen LogP contribution is 2.12. The summed E-state index contributed by atoms with van der Waals surface area (Å²) in [6.07, 6.45) is 0.975. The second-order valence-corrected chi connectivity index (χ2v) is 5.41. The van der Waals surface area contributed by atoms with Crippen molar-refractivity contribution in [1.29, 1.82) is 0 Å². The molecule has 1 atom stereocenters. The van der Waals surface area contributed by atoms with Gasteiger partial charge in [0.1, 0.15) is 37.4 Å². The summed E-state index contributed by atoms with van der Waals surface area (Å²) >= 11 is 0. The summed E-state index contributed by atoms with van der Waals surface area (Å²) in [5, 5.41) is 20.7. The number of aliphatic hydroxyl groups is 1. The van der Waals surface area contributed by atoms with E-state index in [2.05, 4.69) is 4.98 Å². The van der Waals surface area contributed by atoms with E-state index in [9.17, 15) is 9.90 Å². The maximum absolute atomic E-state index is 10.6. The van der Waals surface area contributed by atoms with Gasteiger partial charge in [0, 0.05) is 11.8 Å². The Kier molecular flexibility index (Phi) is 6.53. The fraction of sp³-hybridized carbons (Fsp3) is 0.294. The Labute approximate surface area is 140 Å². The number of nitrogens with two attached hydrogens (primary N) is 2. The molecule has 1 unspecified atom stereocenters. The average molecular weight is 332 g/mol. The summed E-state index contributed by atoms with van der Waals surface area (Å²) in [6, 6.07) is 10.4. The van der Waals surface area contributed by atoms with E-state index in [1.54, 1.807) is 42.6 Å². The van der Waals surface area contributed by atoms with Gasteiger partial charge in [0.05, 0.1) is 6.42 Å². The van der Waals surface area contributed by atoms with Gasteiger partial charge < -0.3 is 26.0 Å². The average Bonchev–Trinajstić information content (AvgIpc) is 2.56. The van der Waals surface area contributed by atoms with Crippen molar-refractivity contribution in [3.63, 3.8) is 0 Å². The van der Waals surface area contributed by atoms with Crippen LogP contribution in [0.5, 0.6) is 5.75 Å². The first kappa shape index (κ1) is 17.7. The van der Waals surface area contributed by atoms with Gasteiger partial charge >= 0.3 is 5.97 Å². The van der Waals surface area contributed by atoms with E-state index in [0.29, 0.717) is 31.3 Å². The molecule has 0 spiro atoms. The normalized spacial score (nSPS) is 11.9. The van der Waals surface area contributed by atoms with Crippen LogP contribution in [0.1, 0.15) is 17.2 Å². The Morgan fingerprint density at radius 2 is 2.00 bits per heavy atom. The zero-order valence-corrected chi connectivity index (χ0v) is 13.3. The molecule has 0 saturated carbocycles. The highest BCUT2D eigenvalue weighted by atomic mass is 16.5. The van der Waals surface area contributed by atoms with Gasteiger partial charge in [-0.3, -0.25) is 4.79 Å². The molecule has 1 heterocycles. The lowest BCUT2D eigenvalue weighted by Crippen LogP contribution is -2.86. The molecule has 24 heavy (non-hydrogen) atoms. The first-order chi connectivity index (χ1) is 11.5. The molecular formula is C17H22N3O4+. The lowest BCUT2D eigenvalue weighted by atomic mass is 10.1. The van der Waals surface area contributed by atoms with Crippen LogP contribution < -0.4 is 15.8 Å². The summed E-state index contributed by atoms with van der Waals surface area (Å²) in [5.74, 6) is 0.270. The minimum atomic E-state index is -0.854. The van der Waals surface area contributed by atoms with Crippen molar-refractivity contribution in [2.75, 3.05) is 25.4 Å². The van der Waals surface area contributed by atoms with Gasteiger partial charge in [-0.05, 0) is 23.8 Å². The number of aliphatic hydroxyl groups excluding tert-OH is 1. The minimum Gasteiger partial charge on any atom is -0.488 e. The zero-order valence-electron chi connectivity index (χ0n) is 13.3. The summed E-state index contributed by atoms with van der Waals surface area (Å²) < 4.78 is 5.58. The van der Waals surface area contributed by atoms with Crippen molar-refractivity contribution >= 4 is 11.8 Å². The molecule has 7 heteroatoms. The number of aliphatic carboxylic acids is 1. The number of anilines is 1. The SMILES string of the molecule is Nc1ccc(C(O)C[NH2+]CCOc2ccc(CC(=O)O)cc2)cn1. The summed E-state index contributed by atoms with van der Waals surface area (Å²) in [5.41, 5.74) is 6.98. The lowest BCUT2D eigenvalue weighted by Gasteiger charge is -2.10. The van der Waals surface area contributed by atoms with E-state index in [1.165, 1.54) is 0 Å². The van der Waals surface area contributed by atoms with E-state index in [1.807, 2.05) is 5.32 Å². The van der Waals surface area contributed by atoms with Crippen molar-refractivity contribution in [3.05, 3.63) is 53.7 Å². The van der Waals surface area contributed by atoms with E-state index in [0.717, 1.165) is 11.1 Å². The molecule has 2 rings (SSSR count). The molecule has 0 radical (unpaired) electrons. The largest absolute Gasteiger partial charge is 0.488 e. The quantitative estimate of drug-likeness (QED) is 0.478. The van der Waals surface area contributed by atoms with Crippen LogP contribution in [0.15, 0.2) is 42.6 Å². The Bertz CT molecular complexity index is 644. The molecule has 7 nitrogen and oxygen atoms in total. The molecular weight excluding hydrogens is 310 g/mol. The molecule has 0 aliphatic rings. The van der Waals surface area contributed by atoms with Gasteiger partial charge in [0.15, 0.2) is 0 Å². The molecule has 128 valence electrons. The number of nitrogen functional groups attached to an aromatic ring is 1. The van der Waals surface area contributed by atoms with Crippen LogP contribution in [0.2, 0.25) is 0 Å². The second kappa shape index (κ2) is 8.85. The summed E-state index contributed by atoms with van der Waals surface area (Å²) in [7, 11) is 0. The van der Waals surface area contributed by atoms with Crippen molar-refractivity contribution in [3.8, 4) is 5.75 Å². The van der Waals surface area contributed by atoms with E-state index in [-0.39, 0.29) is 6.42 Å². The molecule has 0 fully saturated rings. The van der Waals surface area contributed by atoms with Crippen LogP contribution in [-0.4, -0.2) is 40.9 Å². The summed E-state index contributed by atoms with van der Waals surface area (Å²) in [4.78, 5) is 14.6. The third kappa shape index (κ3) is 5.86. The van der Waals surface area contributed by atoms with Gasteiger partial charge in [0.25, 0.3) is 0 Å². The number of carbonyl (C=O) groups is 1. The number of pyridine rings is 1. The van der Waals surface area contributed by atoms with Crippen LogP contribution in [-0.2, 0) is 11.2 Å². The Morgan fingerprint density at radius 3 is 2.62 bits per heavy atom.